The Hall–Kier alpha value is -2.14. The second-order valence-electron chi connectivity index (χ2n) is 4.41. The van der Waals surface area contributed by atoms with Crippen LogP contribution in [0.4, 0.5) is 5.82 Å². The maximum absolute atomic E-state index is 12.0. The smallest absolute Gasteiger partial charge is 0.245 e. The second kappa shape index (κ2) is 5.46. The molecule has 2 heterocycles. The lowest BCUT2D eigenvalue weighted by molar-refractivity contribution is -0.116. The number of hydrogen-bond donors (Lipinski definition) is 1. The normalized spacial score (nSPS) is 10.7. The molecule has 3 rings (SSSR count). The second-order valence-corrected chi connectivity index (χ2v) is 5.33. The number of benzene rings is 1. The molecule has 0 aliphatic heterocycles. The van der Waals surface area contributed by atoms with Gasteiger partial charge in [0, 0.05) is 22.4 Å². The van der Waals surface area contributed by atoms with Crippen LogP contribution in [-0.4, -0.2) is 15.5 Å². The van der Waals surface area contributed by atoms with Gasteiger partial charge in [-0.25, -0.2) is 4.98 Å². The summed E-state index contributed by atoms with van der Waals surface area (Å²) in [6.45, 7) is 0.260. The SMILES string of the molecule is O=C(Cn1ccc2ccc(Br)cc21)Nc1ccccn1. The molecular formula is C15H12BrN3O. The molecule has 0 spiro atoms. The first kappa shape index (κ1) is 12.9. The first-order chi connectivity index (χ1) is 9.72. The summed E-state index contributed by atoms with van der Waals surface area (Å²) in [6.07, 6.45) is 3.56. The van der Waals surface area contributed by atoms with Gasteiger partial charge in [0.15, 0.2) is 0 Å². The molecule has 4 nitrogen and oxygen atoms in total. The number of nitrogens with zero attached hydrogens (tertiary/aromatic N) is 2. The number of rotatable bonds is 3. The van der Waals surface area contributed by atoms with Crippen LogP contribution in [0.2, 0.25) is 0 Å². The van der Waals surface area contributed by atoms with E-state index in [9.17, 15) is 4.79 Å². The van der Waals surface area contributed by atoms with Crippen LogP contribution in [0, 0.1) is 0 Å². The van der Waals surface area contributed by atoms with Gasteiger partial charge in [-0.05, 0) is 35.7 Å². The van der Waals surface area contributed by atoms with E-state index in [0.717, 1.165) is 15.4 Å². The summed E-state index contributed by atoms with van der Waals surface area (Å²) in [5.41, 5.74) is 1.02. The molecule has 0 saturated heterocycles. The molecule has 1 amide bonds. The Morgan fingerprint density at radius 1 is 1.25 bits per heavy atom. The lowest BCUT2D eigenvalue weighted by atomic mass is 10.2. The molecule has 0 aliphatic rings. The predicted molar refractivity (Wildman–Crippen MR) is 82.5 cm³/mol. The number of halogens is 1. The third-order valence-corrected chi connectivity index (χ3v) is 3.48. The maximum Gasteiger partial charge on any atom is 0.245 e. The minimum Gasteiger partial charge on any atom is -0.338 e. The zero-order valence-corrected chi connectivity index (χ0v) is 12.2. The monoisotopic (exact) mass is 329 g/mol. The molecule has 0 unspecified atom stereocenters. The fourth-order valence-electron chi connectivity index (χ4n) is 2.07. The van der Waals surface area contributed by atoms with Crippen LogP contribution in [0.25, 0.3) is 10.9 Å². The van der Waals surface area contributed by atoms with E-state index >= 15 is 0 Å². The summed E-state index contributed by atoms with van der Waals surface area (Å²) in [6, 6.07) is 13.4. The number of carbonyl (C=O) groups is 1. The van der Waals surface area contributed by atoms with Crippen LogP contribution >= 0.6 is 15.9 Å². The van der Waals surface area contributed by atoms with Gasteiger partial charge in [-0.2, -0.15) is 0 Å². The molecule has 0 atom stereocenters. The number of aromatic nitrogens is 2. The number of nitrogens with one attached hydrogen (secondary N) is 1. The van der Waals surface area contributed by atoms with Gasteiger partial charge in [0.05, 0.1) is 0 Å². The van der Waals surface area contributed by atoms with Crippen molar-refractivity contribution in [1.82, 2.24) is 9.55 Å². The number of amides is 1. The van der Waals surface area contributed by atoms with Crippen molar-refractivity contribution in [3.8, 4) is 0 Å². The van der Waals surface area contributed by atoms with E-state index in [1.165, 1.54) is 0 Å². The highest BCUT2D eigenvalue weighted by atomic mass is 79.9. The molecule has 0 aliphatic carbocycles. The van der Waals surface area contributed by atoms with Crippen LogP contribution in [0.1, 0.15) is 0 Å². The molecule has 0 fully saturated rings. The van der Waals surface area contributed by atoms with Gasteiger partial charge in [0.2, 0.25) is 5.91 Å². The number of pyridine rings is 1. The molecule has 100 valence electrons. The first-order valence-electron chi connectivity index (χ1n) is 6.18. The third-order valence-electron chi connectivity index (χ3n) is 2.98. The summed E-state index contributed by atoms with van der Waals surface area (Å²) in [5.74, 6) is 0.469. The topological polar surface area (TPSA) is 46.9 Å². The van der Waals surface area contributed by atoms with Crippen molar-refractivity contribution < 1.29 is 4.79 Å². The molecule has 0 bridgehead atoms. The van der Waals surface area contributed by atoms with Gasteiger partial charge < -0.3 is 9.88 Å². The van der Waals surface area contributed by atoms with Gasteiger partial charge in [-0.15, -0.1) is 0 Å². The first-order valence-corrected chi connectivity index (χ1v) is 6.97. The number of anilines is 1. The summed E-state index contributed by atoms with van der Waals surface area (Å²) < 4.78 is 2.91. The van der Waals surface area contributed by atoms with Gasteiger partial charge in [-0.1, -0.05) is 28.1 Å². The Kier molecular flexibility index (Phi) is 3.52. The summed E-state index contributed by atoms with van der Waals surface area (Å²) in [7, 11) is 0. The molecule has 1 aromatic carbocycles. The van der Waals surface area contributed by atoms with Crippen LogP contribution in [0.5, 0.6) is 0 Å². The van der Waals surface area contributed by atoms with Crippen molar-refractivity contribution >= 4 is 38.6 Å². The maximum atomic E-state index is 12.0. The van der Waals surface area contributed by atoms with Gasteiger partial charge >= 0.3 is 0 Å². The van der Waals surface area contributed by atoms with E-state index in [1.54, 1.807) is 12.3 Å². The van der Waals surface area contributed by atoms with Crippen LogP contribution in [0.15, 0.2) is 59.3 Å². The average Bonchev–Trinajstić information content (AvgIpc) is 2.82. The number of hydrogen-bond acceptors (Lipinski definition) is 2. The van der Waals surface area contributed by atoms with Crippen molar-refractivity contribution in [2.75, 3.05) is 5.32 Å². The molecule has 5 heteroatoms. The van der Waals surface area contributed by atoms with Crippen molar-refractivity contribution in [3.63, 3.8) is 0 Å². The minimum absolute atomic E-state index is 0.0961. The van der Waals surface area contributed by atoms with Crippen molar-refractivity contribution in [1.29, 1.82) is 0 Å². The Morgan fingerprint density at radius 3 is 2.95 bits per heavy atom. The van der Waals surface area contributed by atoms with Crippen LogP contribution in [-0.2, 0) is 11.3 Å². The fraction of sp³-hybridized carbons (Fsp3) is 0.0667. The molecule has 0 radical (unpaired) electrons. The van der Waals surface area contributed by atoms with Gasteiger partial charge in [0.1, 0.15) is 12.4 Å². The highest BCUT2D eigenvalue weighted by molar-refractivity contribution is 9.10. The fourth-order valence-corrected chi connectivity index (χ4v) is 2.42. The summed E-state index contributed by atoms with van der Waals surface area (Å²) in [5, 5.41) is 3.89. The Morgan fingerprint density at radius 2 is 2.15 bits per heavy atom. The largest absolute Gasteiger partial charge is 0.338 e. The van der Waals surface area contributed by atoms with E-state index in [1.807, 2.05) is 47.2 Å². The standard InChI is InChI=1S/C15H12BrN3O/c16-12-5-4-11-6-8-19(13(11)9-12)10-15(20)18-14-3-1-2-7-17-14/h1-9H,10H2,(H,17,18,20). The van der Waals surface area contributed by atoms with Gasteiger partial charge in [-0.3, -0.25) is 4.79 Å². The Bertz CT molecular complexity index is 752. The third kappa shape index (κ3) is 2.72. The summed E-state index contributed by atoms with van der Waals surface area (Å²) >= 11 is 3.45. The van der Waals surface area contributed by atoms with Crippen LogP contribution < -0.4 is 5.32 Å². The van der Waals surface area contributed by atoms with Crippen molar-refractivity contribution in [2.24, 2.45) is 0 Å². The molecule has 0 saturated carbocycles. The zero-order chi connectivity index (χ0) is 13.9. The molecular weight excluding hydrogens is 318 g/mol. The highest BCUT2D eigenvalue weighted by Gasteiger charge is 2.07. The van der Waals surface area contributed by atoms with E-state index in [4.69, 9.17) is 0 Å². The summed E-state index contributed by atoms with van der Waals surface area (Å²) in [4.78, 5) is 16.1. The van der Waals surface area contributed by atoms with Crippen molar-refractivity contribution in [2.45, 2.75) is 6.54 Å². The molecule has 1 N–H and O–H groups in total. The zero-order valence-electron chi connectivity index (χ0n) is 10.6. The minimum atomic E-state index is -0.0961. The van der Waals surface area contributed by atoms with E-state index in [0.29, 0.717) is 5.82 Å². The van der Waals surface area contributed by atoms with Crippen molar-refractivity contribution in [3.05, 3.63) is 59.3 Å². The van der Waals surface area contributed by atoms with E-state index in [2.05, 4.69) is 26.2 Å². The van der Waals surface area contributed by atoms with E-state index < -0.39 is 0 Å². The molecule has 20 heavy (non-hydrogen) atoms. The lowest BCUT2D eigenvalue weighted by Gasteiger charge is -2.07. The quantitative estimate of drug-likeness (QED) is 0.800. The number of carbonyl (C=O) groups excluding carboxylic acids is 1. The van der Waals surface area contributed by atoms with E-state index in [-0.39, 0.29) is 12.5 Å². The Labute approximate surface area is 124 Å². The lowest BCUT2D eigenvalue weighted by Crippen LogP contribution is -2.18. The Balaban J connectivity index is 1.79. The molecule has 3 aromatic rings. The highest BCUT2D eigenvalue weighted by Crippen LogP contribution is 2.20. The number of fused-ring (bicyclic) bond motifs is 1. The average molecular weight is 330 g/mol. The predicted octanol–water partition coefficient (Wildman–Crippen LogP) is 3.44. The van der Waals surface area contributed by atoms with Gasteiger partial charge in [0.25, 0.3) is 0 Å². The van der Waals surface area contributed by atoms with Crippen LogP contribution in [0.3, 0.4) is 0 Å². The molecule has 2 aromatic heterocycles.